The second kappa shape index (κ2) is 11.2. The summed E-state index contributed by atoms with van der Waals surface area (Å²) in [5.74, 6) is 0.607. The third-order valence-electron chi connectivity index (χ3n) is 6.50. The van der Waals surface area contributed by atoms with E-state index in [0.717, 1.165) is 24.1 Å². The van der Waals surface area contributed by atoms with Gasteiger partial charge >= 0.3 is 12.2 Å². The summed E-state index contributed by atoms with van der Waals surface area (Å²) < 4.78 is 7.86. The minimum Gasteiger partial charge on any atom is -0.465 e. The normalized spacial score (nSPS) is 17.0. The summed E-state index contributed by atoms with van der Waals surface area (Å²) in [4.78, 5) is 38.0. The number of nitrogens with zero attached hydrogens (tertiary/aromatic N) is 5. The Morgan fingerprint density at radius 2 is 1.89 bits per heavy atom. The Kier molecular flexibility index (Phi) is 8.20. The fraction of sp³-hybridized carbons (Fsp3) is 0.500. The second-order valence-corrected chi connectivity index (χ2v) is 12.3. The highest BCUT2D eigenvalue weighted by Gasteiger charge is 2.33. The maximum absolute atomic E-state index is 13.7. The third kappa shape index (κ3) is 6.23. The van der Waals surface area contributed by atoms with E-state index in [2.05, 4.69) is 13.8 Å². The van der Waals surface area contributed by atoms with E-state index < -0.39 is 17.8 Å². The van der Waals surface area contributed by atoms with E-state index in [1.165, 1.54) is 4.90 Å². The first-order chi connectivity index (χ1) is 17.9. The Bertz CT molecular complexity index is 1290. The van der Waals surface area contributed by atoms with Crippen LogP contribution in [-0.2, 0) is 4.74 Å². The average Bonchev–Trinajstić information content (AvgIpc) is 3.28. The average molecular weight is 540 g/mol. The van der Waals surface area contributed by atoms with Crippen molar-refractivity contribution in [3.63, 3.8) is 0 Å². The third-order valence-corrected chi connectivity index (χ3v) is 7.65. The summed E-state index contributed by atoms with van der Waals surface area (Å²) in [6.07, 6.45) is 4.06. The van der Waals surface area contributed by atoms with E-state index in [4.69, 9.17) is 14.7 Å². The van der Waals surface area contributed by atoms with E-state index in [-0.39, 0.29) is 17.2 Å². The molecule has 0 saturated carbocycles. The molecule has 1 fully saturated rings. The van der Waals surface area contributed by atoms with Gasteiger partial charge < -0.3 is 14.7 Å². The number of rotatable bonds is 6. The van der Waals surface area contributed by atoms with Gasteiger partial charge in [0.05, 0.1) is 6.04 Å². The van der Waals surface area contributed by atoms with Gasteiger partial charge in [-0.2, -0.15) is 0 Å². The minimum atomic E-state index is -0.899. The summed E-state index contributed by atoms with van der Waals surface area (Å²) in [6.45, 7) is 12.7. The Hall–Kier alpha value is -3.27. The Morgan fingerprint density at radius 1 is 1.18 bits per heavy atom. The van der Waals surface area contributed by atoms with Crippen molar-refractivity contribution >= 4 is 35.4 Å². The van der Waals surface area contributed by atoms with Crippen LogP contribution in [0.15, 0.2) is 47.8 Å². The van der Waals surface area contributed by atoms with Crippen molar-refractivity contribution in [1.82, 2.24) is 19.3 Å². The smallest absolute Gasteiger partial charge is 0.416 e. The summed E-state index contributed by atoms with van der Waals surface area (Å²) >= 11 is 1.54. The van der Waals surface area contributed by atoms with Crippen molar-refractivity contribution in [2.24, 2.45) is 0 Å². The molecule has 10 heteroatoms. The molecule has 0 bridgehead atoms. The highest BCUT2D eigenvalue weighted by atomic mass is 32.2. The van der Waals surface area contributed by atoms with Gasteiger partial charge in [0.2, 0.25) is 0 Å². The molecule has 204 valence electrons. The first-order valence-electron chi connectivity index (χ1n) is 13.0. The van der Waals surface area contributed by atoms with E-state index in [1.54, 1.807) is 16.7 Å². The number of anilines is 1. The quantitative estimate of drug-likeness (QED) is 0.377. The summed E-state index contributed by atoms with van der Waals surface area (Å²) in [5, 5.41) is 10.3. The lowest BCUT2D eigenvalue weighted by Crippen LogP contribution is -2.40. The van der Waals surface area contributed by atoms with Crippen molar-refractivity contribution < 1.29 is 19.4 Å². The number of benzene rings is 1. The monoisotopic (exact) mass is 539 g/mol. The number of likely N-dealkylation sites (tertiary alicyclic amines) is 1. The number of amides is 2. The van der Waals surface area contributed by atoms with Crippen LogP contribution in [0.25, 0.3) is 5.65 Å². The van der Waals surface area contributed by atoms with E-state index >= 15 is 0 Å². The lowest BCUT2D eigenvalue weighted by molar-refractivity contribution is 0.0566. The summed E-state index contributed by atoms with van der Waals surface area (Å²) in [5.41, 5.74) is 1.81. The van der Waals surface area contributed by atoms with Gasteiger partial charge in [0.1, 0.15) is 10.6 Å². The van der Waals surface area contributed by atoms with Crippen molar-refractivity contribution in [2.75, 3.05) is 18.0 Å². The minimum absolute atomic E-state index is 0.0604. The van der Waals surface area contributed by atoms with E-state index in [9.17, 15) is 14.7 Å². The largest absolute Gasteiger partial charge is 0.465 e. The number of ether oxygens (including phenoxy) is 1. The number of carbonyl (C=O) groups is 2. The number of fused-ring (bicyclic) bond motifs is 1. The summed E-state index contributed by atoms with van der Waals surface area (Å²) in [6, 6.07) is 9.40. The number of hydrogen-bond donors (Lipinski definition) is 1. The molecule has 9 nitrogen and oxygen atoms in total. The van der Waals surface area contributed by atoms with Crippen LogP contribution in [0, 0.1) is 0 Å². The zero-order chi connectivity index (χ0) is 27.6. The van der Waals surface area contributed by atoms with Gasteiger partial charge in [-0.05, 0) is 52.0 Å². The Morgan fingerprint density at radius 3 is 2.53 bits per heavy atom. The van der Waals surface area contributed by atoms with Gasteiger partial charge in [-0.1, -0.05) is 55.9 Å². The topological polar surface area (TPSA) is 100 Å². The van der Waals surface area contributed by atoms with Crippen molar-refractivity contribution in [1.29, 1.82) is 0 Å². The molecule has 1 N–H and O–H groups in total. The predicted molar refractivity (Wildman–Crippen MR) is 149 cm³/mol. The van der Waals surface area contributed by atoms with Gasteiger partial charge in [0.25, 0.3) is 0 Å². The Balaban J connectivity index is 1.83. The molecule has 1 saturated heterocycles. The first kappa shape index (κ1) is 27.8. The molecule has 1 aliphatic rings. The van der Waals surface area contributed by atoms with Gasteiger partial charge in [-0.25, -0.2) is 19.6 Å². The summed E-state index contributed by atoms with van der Waals surface area (Å²) in [7, 11) is 0. The SMILES string of the molecule is CC(C)c1cnc2c(N(C(=O)OC(C)(C)C)[C@@H](C)c3ccccc3)nc(SC3CCCN(C(=O)O)C3)cn12. The van der Waals surface area contributed by atoms with Crippen LogP contribution in [0.3, 0.4) is 0 Å². The molecule has 0 radical (unpaired) electrons. The molecule has 3 aromatic rings. The van der Waals surface area contributed by atoms with Gasteiger partial charge in [0, 0.05) is 36.4 Å². The number of imidazole rings is 1. The number of thioether (sulfide) groups is 1. The van der Waals surface area contributed by atoms with Crippen LogP contribution >= 0.6 is 11.8 Å². The number of piperidine rings is 1. The van der Waals surface area contributed by atoms with Gasteiger partial charge in [0.15, 0.2) is 11.5 Å². The molecule has 3 heterocycles. The molecular formula is C28H37N5O4S. The molecule has 38 heavy (non-hydrogen) atoms. The van der Waals surface area contributed by atoms with Crippen LogP contribution in [0.4, 0.5) is 15.4 Å². The molecule has 2 aromatic heterocycles. The van der Waals surface area contributed by atoms with Crippen LogP contribution in [0.1, 0.15) is 77.6 Å². The van der Waals surface area contributed by atoms with Gasteiger partial charge in [-0.15, -0.1) is 0 Å². The lowest BCUT2D eigenvalue weighted by Gasteiger charge is -2.32. The van der Waals surface area contributed by atoms with E-state index in [1.807, 2.05) is 74.8 Å². The van der Waals surface area contributed by atoms with Crippen LogP contribution in [-0.4, -0.2) is 60.5 Å². The molecule has 0 spiro atoms. The highest BCUT2D eigenvalue weighted by molar-refractivity contribution is 7.99. The zero-order valence-corrected chi connectivity index (χ0v) is 23.7. The highest BCUT2D eigenvalue weighted by Crippen LogP contribution is 2.36. The van der Waals surface area contributed by atoms with Crippen LogP contribution in [0.5, 0.6) is 0 Å². The maximum Gasteiger partial charge on any atom is 0.416 e. The fourth-order valence-corrected chi connectivity index (χ4v) is 5.80. The molecule has 1 aromatic carbocycles. The van der Waals surface area contributed by atoms with E-state index in [0.29, 0.717) is 29.6 Å². The van der Waals surface area contributed by atoms with Gasteiger partial charge in [-0.3, -0.25) is 9.30 Å². The number of carboxylic acid groups (broad SMARTS) is 1. The molecule has 0 aliphatic carbocycles. The van der Waals surface area contributed by atoms with Crippen molar-refractivity contribution in [3.8, 4) is 0 Å². The van der Waals surface area contributed by atoms with Crippen LogP contribution < -0.4 is 4.90 Å². The number of hydrogen-bond acceptors (Lipinski definition) is 6. The fourth-order valence-electron chi connectivity index (χ4n) is 4.61. The van der Waals surface area contributed by atoms with Crippen molar-refractivity contribution in [2.45, 2.75) is 82.2 Å². The molecule has 1 aliphatic heterocycles. The molecule has 2 atom stereocenters. The molecule has 2 amide bonds. The number of aromatic nitrogens is 3. The molecule has 1 unspecified atom stereocenters. The Labute approximate surface area is 228 Å². The standard InChI is InChI=1S/C28H37N5O4S/c1-18(2)22-15-29-24-25(30-23(17-32(22)24)38-21-13-10-14-31(16-21)26(34)35)33(27(36)37-28(4,5)6)19(3)20-11-8-7-9-12-20/h7-9,11-12,15,17-19,21H,10,13-14,16H2,1-6H3,(H,34,35)/t19-,21?/m0/s1. The molecule has 4 rings (SSSR count). The molecular weight excluding hydrogens is 502 g/mol. The second-order valence-electron chi connectivity index (χ2n) is 11.0. The number of carbonyl (C=O) groups excluding carboxylic acids is 1. The zero-order valence-electron chi connectivity index (χ0n) is 22.9. The van der Waals surface area contributed by atoms with Crippen molar-refractivity contribution in [3.05, 3.63) is 54.0 Å². The first-order valence-corrected chi connectivity index (χ1v) is 13.9. The van der Waals surface area contributed by atoms with Crippen LogP contribution in [0.2, 0.25) is 0 Å². The predicted octanol–water partition coefficient (Wildman–Crippen LogP) is 6.59. The maximum atomic E-state index is 13.7. The lowest BCUT2D eigenvalue weighted by atomic mass is 10.1.